The maximum absolute atomic E-state index is 13.2. The second-order valence-electron chi connectivity index (χ2n) is 6.19. The Morgan fingerprint density at radius 1 is 0.929 bits per heavy atom. The van der Waals surface area contributed by atoms with Gasteiger partial charge in [-0.3, -0.25) is 9.69 Å². The average molecular weight is 389 g/mol. The van der Waals surface area contributed by atoms with Crippen molar-refractivity contribution in [3.8, 4) is 5.75 Å². The molecule has 0 aliphatic carbocycles. The Kier molecular flexibility index (Phi) is 4.96. The number of amidine groups is 1. The summed E-state index contributed by atoms with van der Waals surface area (Å²) < 4.78 is 5.39. The van der Waals surface area contributed by atoms with Crippen LogP contribution in [0.15, 0.2) is 89.6 Å². The molecule has 4 nitrogen and oxygen atoms in total. The van der Waals surface area contributed by atoms with E-state index in [0.717, 1.165) is 11.1 Å². The number of amides is 1. The van der Waals surface area contributed by atoms with Crippen molar-refractivity contribution in [1.82, 2.24) is 0 Å². The highest BCUT2D eigenvalue weighted by Crippen LogP contribution is 2.30. The summed E-state index contributed by atoms with van der Waals surface area (Å²) in [5.74, 6) is 1.06. The molecular weight excluding hydrogens is 372 g/mol. The summed E-state index contributed by atoms with van der Waals surface area (Å²) in [5, 5.41) is 0.610. The van der Waals surface area contributed by atoms with E-state index in [1.807, 2.05) is 66.7 Å². The zero-order valence-electron chi connectivity index (χ0n) is 15.2. The molecule has 0 fully saturated rings. The van der Waals surface area contributed by atoms with Crippen molar-refractivity contribution < 1.29 is 9.53 Å². The Morgan fingerprint density at radius 2 is 1.61 bits per heavy atom. The van der Waals surface area contributed by atoms with Gasteiger partial charge < -0.3 is 4.74 Å². The van der Waals surface area contributed by atoms with Gasteiger partial charge in [0.2, 0.25) is 0 Å². The number of nitrogens with zero attached hydrogens (tertiary/aromatic N) is 2. The third-order valence-corrected chi connectivity index (χ3v) is 4.66. The fraction of sp³-hybridized carbons (Fsp3) is 0.0435. The van der Waals surface area contributed by atoms with Crippen LogP contribution in [0.4, 0.5) is 5.69 Å². The minimum atomic E-state index is -0.202. The Balaban J connectivity index is 1.83. The van der Waals surface area contributed by atoms with Gasteiger partial charge in [0, 0.05) is 16.1 Å². The molecule has 28 heavy (non-hydrogen) atoms. The number of carbonyl (C=O) groups is 1. The Hall–Kier alpha value is -3.37. The molecule has 1 aliphatic heterocycles. The first kappa shape index (κ1) is 18.0. The van der Waals surface area contributed by atoms with Gasteiger partial charge in [0.1, 0.15) is 17.3 Å². The van der Waals surface area contributed by atoms with Gasteiger partial charge in [0.15, 0.2) is 0 Å². The largest absolute Gasteiger partial charge is 0.496 e. The predicted molar refractivity (Wildman–Crippen MR) is 113 cm³/mol. The van der Waals surface area contributed by atoms with Crippen LogP contribution in [-0.2, 0) is 4.79 Å². The molecule has 0 saturated carbocycles. The van der Waals surface area contributed by atoms with E-state index in [1.54, 1.807) is 30.2 Å². The number of ether oxygens (including phenoxy) is 1. The van der Waals surface area contributed by atoms with E-state index in [2.05, 4.69) is 4.99 Å². The maximum Gasteiger partial charge on any atom is 0.282 e. The van der Waals surface area contributed by atoms with Crippen LogP contribution < -0.4 is 9.64 Å². The van der Waals surface area contributed by atoms with Crippen molar-refractivity contribution in [2.45, 2.75) is 0 Å². The lowest BCUT2D eigenvalue weighted by Gasteiger charge is -2.18. The number of para-hydroxylation sites is 1. The van der Waals surface area contributed by atoms with Crippen molar-refractivity contribution in [3.63, 3.8) is 0 Å². The highest BCUT2D eigenvalue weighted by molar-refractivity contribution is 6.34. The van der Waals surface area contributed by atoms with Crippen molar-refractivity contribution in [2.75, 3.05) is 12.0 Å². The lowest BCUT2D eigenvalue weighted by molar-refractivity contribution is -0.113. The van der Waals surface area contributed by atoms with Gasteiger partial charge in [0.05, 0.1) is 12.8 Å². The van der Waals surface area contributed by atoms with Gasteiger partial charge in [-0.15, -0.1) is 0 Å². The molecule has 1 heterocycles. The first-order valence-electron chi connectivity index (χ1n) is 8.76. The number of hydrogen-bond acceptors (Lipinski definition) is 3. The molecular formula is C23H17ClN2O2. The number of methoxy groups -OCH3 is 1. The SMILES string of the molecule is COc1ccccc1/C=C1/N=C(c2ccccc2)N(c2ccc(Cl)cc2)C1=O. The molecule has 4 rings (SSSR count). The van der Waals surface area contributed by atoms with E-state index in [-0.39, 0.29) is 5.91 Å². The number of aliphatic imine (C=N–C) groups is 1. The number of hydrogen-bond donors (Lipinski definition) is 0. The molecule has 3 aromatic rings. The molecule has 1 amide bonds. The first-order valence-corrected chi connectivity index (χ1v) is 9.14. The number of halogens is 1. The van der Waals surface area contributed by atoms with Crippen molar-refractivity contribution in [2.24, 2.45) is 4.99 Å². The maximum atomic E-state index is 13.2. The molecule has 0 N–H and O–H groups in total. The van der Waals surface area contributed by atoms with Crippen LogP contribution in [0, 0.1) is 0 Å². The third-order valence-electron chi connectivity index (χ3n) is 4.41. The molecule has 1 aliphatic rings. The van der Waals surface area contributed by atoms with Crippen LogP contribution in [0.2, 0.25) is 5.02 Å². The summed E-state index contributed by atoms with van der Waals surface area (Å²) in [6.07, 6.45) is 1.75. The van der Waals surface area contributed by atoms with E-state index in [1.165, 1.54) is 0 Å². The van der Waals surface area contributed by atoms with Crippen LogP contribution >= 0.6 is 11.6 Å². The van der Waals surface area contributed by atoms with Gasteiger partial charge in [-0.05, 0) is 36.4 Å². The van der Waals surface area contributed by atoms with Crippen molar-refractivity contribution in [3.05, 3.63) is 101 Å². The van der Waals surface area contributed by atoms with Gasteiger partial charge in [-0.1, -0.05) is 60.1 Å². The summed E-state index contributed by atoms with van der Waals surface area (Å²) in [5.41, 5.74) is 2.70. The van der Waals surface area contributed by atoms with E-state index < -0.39 is 0 Å². The molecule has 0 spiro atoms. The lowest BCUT2D eigenvalue weighted by Crippen LogP contribution is -2.32. The van der Waals surface area contributed by atoms with Crippen LogP contribution in [0.1, 0.15) is 11.1 Å². The molecule has 0 radical (unpaired) electrons. The smallest absolute Gasteiger partial charge is 0.282 e. The fourth-order valence-electron chi connectivity index (χ4n) is 3.06. The summed E-state index contributed by atoms with van der Waals surface area (Å²) >= 11 is 6.02. The quantitative estimate of drug-likeness (QED) is 0.577. The van der Waals surface area contributed by atoms with Gasteiger partial charge in [-0.25, -0.2) is 4.99 Å². The van der Waals surface area contributed by atoms with Crippen LogP contribution in [0.5, 0.6) is 5.75 Å². The van der Waals surface area contributed by atoms with Gasteiger partial charge in [-0.2, -0.15) is 0 Å². The Bertz CT molecular complexity index is 1070. The van der Waals surface area contributed by atoms with Gasteiger partial charge >= 0.3 is 0 Å². The minimum absolute atomic E-state index is 0.202. The zero-order valence-corrected chi connectivity index (χ0v) is 15.9. The van der Waals surface area contributed by atoms with Gasteiger partial charge in [0.25, 0.3) is 5.91 Å². The normalized spacial score (nSPS) is 15.1. The number of benzene rings is 3. The second kappa shape index (κ2) is 7.71. The van der Waals surface area contributed by atoms with E-state index in [9.17, 15) is 4.79 Å². The Morgan fingerprint density at radius 3 is 2.32 bits per heavy atom. The summed E-state index contributed by atoms with van der Waals surface area (Å²) in [6.45, 7) is 0. The van der Waals surface area contributed by atoms with Crippen LogP contribution in [0.3, 0.4) is 0 Å². The first-order chi connectivity index (χ1) is 13.7. The molecule has 0 saturated heterocycles. The van der Waals surface area contributed by atoms with Crippen LogP contribution in [-0.4, -0.2) is 18.9 Å². The summed E-state index contributed by atoms with van der Waals surface area (Å²) in [4.78, 5) is 19.5. The van der Waals surface area contributed by atoms with Crippen molar-refractivity contribution in [1.29, 1.82) is 0 Å². The molecule has 0 unspecified atom stereocenters. The van der Waals surface area contributed by atoms with E-state index in [0.29, 0.717) is 28.0 Å². The van der Waals surface area contributed by atoms with Crippen LogP contribution in [0.25, 0.3) is 6.08 Å². The monoisotopic (exact) mass is 388 g/mol. The number of carbonyl (C=O) groups excluding carboxylic acids is 1. The topological polar surface area (TPSA) is 41.9 Å². The predicted octanol–water partition coefficient (Wildman–Crippen LogP) is 5.18. The zero-order chi connectivity index (χ0) is 19.5. The highest BCUT2D eigenvalue weighted by Gasteiger charge is 2.32. The standard InChI is InChI=1S/C23H17ClN2O2/c1-28-21-10-6-5-9-17(21)15-20-23(27)26(19-13-11-18(24)12-14-19)22(25-20)16-7-3-2-4-8-16/h2-15H,1H3/b20-15+. The number of anilines is 1. The van der Waals surface area contributed by atoms with Crippen molar-refractivity contribution >= 4 is 35.1 Å². The third kappa shape index (κ3) is 3.42. The average Bonchev–Trinajstić information content (AvgIpc) is 3.06. The molecule has 3 aromatic carbocycles. The fourth-order valence-corrected chi connectivity index (χ4v) is 3.19. The molecule has 0 bridgehead atoms. The summed E-state index contributed by atoms with van der Waals surface area (Å²) in [7, 11) is 1.60. The molecule has 5 heteroatoms. The molecule has 0 atom stereocenters. The number of rotatable bonds is 4. The minimum Gasteiger partial charge on any atom is -0.496 e. The Labute approximate surface area is 168 Å². The lowest BCUT2D eigenvalue weighted by atomic mass is 10.1. The summed E-state index contributed by atoms with van der Waals surface area (Å²) in [6, 6.07) is 24.3. The van der Waals surface area contributed by atoms with E-state index in [4.69, 9.17) is 16.3 Å². The molecule has 0 aromatic heterocycles. The van der Waals surface area contributed by atoms with E-state index >= 15 is 0 Å². The highest BCUT2D eigenvalue weighted by atomic mass is 35.5. The molecule has 138 valence electrons. The second-order valence-corrected chi connectivity index (χ2v) is 6.63.